The number of halogens is 1. The van der Waals surface area contributed by atoms with E-state index in [4.69, 9.17) is 4.74 Å². The van der Waals surface area contributed by atoms with Crippen molar-refractivity contribution in [2.45, 2.75) is 12.8 Å². The monoisotopic (exact) mass is 426 g/mol. The van der Waals surface area contributed by atoms with Crippen LogP contribution in [0.3, 0.4) is 0 Å². The number of benzene rings is 2. The molecule has 30 heavy (non-hydrogen) atoms. The van der Waals surface area contributed by atoms with Crippen LogP contribution in [-0.2, 0) is 16.0 Å². The zero-order valence-electron chi connectivity index (χ0n) is 16.2. The molecule has 154 valence electrons. The van der Waals surface area contributed by atoms with Crippen molar-refractivity contribution >= 4 is 34.0 Å². The summed E-state index contributed by atoms with van der Waals surface area (Å²) < 4.78 is 18.3. The van der Waals surface area contributed by atoms with Crippen molar-refractivity contribution < 1.29 is 18.7 Å². The van der Waals surface area contributed by atoms with Gasteiger partial charge in [-0.1, -0.05) is 35.6 Å². The van der Waals surface area contributed by atoms with Gasteiger partial charge >= 0.3 is 0 Å². The lowest BCUT2D eigenvalue weighted by molar-refractivity contribution is -0.122. The van der Waals surface area contributed by atoms with E-state index in [-0.39, 0.29) is 30.6 Å². The first-order valence-corrected chi connectivity index (χ1v) is 10.2. The molecule has 0 saturated carbocycles. The van der Waals surface area contributed by atoms with Crippen LogP contribution in [0, 0.1) is 11.7 Å². The van der Waals surface area contributed by atoms with E-state index in [9.17, 15) is 14.0 Å². The number of hydrogen-bond acceptors (Lipinski definition) is 6. The summed E-state index contributed by atoms with van der Waals surface area (Å²) in [4.78, 5) is 26.7. The lowest BCUT2D eigenvalue weighted by Gasteiger charge is -2.19. The Morgan fingerprint density at radius 1 is 1.23 bits per heavy atom. The third-order valence-corrected chi connectivity index (χ3v) is 5.68. The van der Waals surface area contributed by atoms with Crippen molar-refractivity contribution in [3.63, 3.8) is 0 Å². The minimum absolute atomic E-state index is 0.116. The molecule has 2 amide bonds. The molecule has 1 N–H and O–H groups in total. The zero-order valence-corrected chi connectivity index (χ0v) is 17.0. The fourth-order valence-corrected chi connectivity index (χ4v) is 4.11. The maximum absolute atomic E-state index is 13.0. The fourth-order valence-electron chi connectivity index (χ4n) is 3.33. The summed E-state index contributed by atoms with van der Waals surface area (Å²) in [5.41, 5.74) is 1.55. The molecule has 0 aliphatic carbocycles. The number of carbonyl (C=O) groups excluding carboxylic acids is 2. The van der Waals surface area contributed by atoms with E-state index in [0.29, 0.717) is 28.0 Å². The standard InChI is InChI=1S/C21H19FN4O3S/c1-29-17-5-3-2-4-16(17)26-12-14(11-19(26)27)20(28)23-21-25-24-18(30-21)10-13-6-8-15(22)9-7-13/h2-9,14H,10-12H2,1H3,(H,23,25,28)/t14-/m0/s1. The largest absolute Gasteiger partial charge is 0.495 e. The van der Waals surface area contributed by atoms with Crippen LogP contribution in [0.2, 0.25) is 0 Å². The first kappa shape index (κ1) is 20.0. The van der Waals surface area contributed by atoms with E-state index in [0.717, 1.165) is 5.56 Å². The molecule has 3 aromatic rings. The van der Waals surface area contributed by atoms with Crippen LogP contribution in [0.4, 0.5) is 15.2 Å². The number of ether oxygens (including phenoxy) is 1. The van der Waals surface area contributed by atoms with Crippen molar-refractivity contribution in [3.8, 4) is 5.75 Å². The molecular formula is C21H19FN4O3S. The van der Waals surface area contributed by atoms with Crippen LogP contribution < -0.4 is 15.0 Å². The van der Waals surface area contributed by atoms with Crippen LogP contribution in [-0.4, -0.2) is 35.7 Å². The number of amides is 2. The molecule has 1 saturated heterocycles. The van der Waals surface area contributed by atoms with Crippen molar-refractivity contribution in [1.82, 2.24) is 10.2 Å². The molecule has 4 rings (SSSR count). The molecule has 9 heteroatoms. The molecule has 0 unspecified atom stereocenters. The smallest absolute Gasteiger partial charge is 0.231 e. The van der Waals surface area contributed by atoms with Crippen molar-refractivity contribution in [1.29, 1.82) is 0 Å². The van der Waals surface area contributed by atoms with Crippen LogP contribution in [0.5, 0.6) is 5.75 Å². The zero-order chi connectivity index (χ0) is 21.1. The number of carbonyl (C=O) groups is 2. The van der Waals surface area contributed by atoms with Gasteiger partial charge in [0.2, 0.25) is 16.9 Å². The van der Waals surface area contributed by atoms with E-state index in [1.807, 2.05) is 12.1 Å². The number of nitrogens with zero attached hydrogens (tertiary/aromatic N) is 3. The number of anilines is 2. The molecule has 0 spiro atoms. The molecule has 2 heterocycles. The lowest BCUT2D eigenvalue weighted by Crippen LogP contribution is -2.28. The van der Waals surface area contributed by atoms with Gasteiger partial charge in [-0.2, -0.15) is 0 Å². The van der Waals surface area contributed by atoms with Crippen molar-refractivity contribution in [3.05, 3.63) is 64.9 Å². The Morgan fingerprint density at radius 3 is 2.77 bits per heavy atom. The molecule has 1 aromatic heterocycles. The van der Waals surface area contributed by atoms with Crippen LogP contribution in [0.15, 0.2) is 48.5 Å². The lowest BCUT2D eigenvalue weighted by atomic mass is 10.1. The highest BCUT2D eigenvalue weighted by molar-refractivity contribution is 7.15. The second-order valence-electron chi connectivity index (χ2n) is 6.87. The van der Waals surface area contributed by atoms with E-state index >= 15 is 0 Å². The number of rotatable bonds is 6. The van der Waals surface area contributed by atoms with Crippen LogP contribution >= 0.6 is 11.3 Å². The van der Waals surface area contributed by atoms with Crippen LogP contribution in [0.25, 0.3) is 0 Å². The molecule has 0 bridgehead atoms. The van der Waals surface area contributed by atoms with E-state index in [2.05, 4.69) is 15.5 Å². The predicted octanol–water partition coefficient (Wildman–Crippen LogP) is 3.27. The normalized spacial score (nSPS) is 16.0. The number of para-hydroxylation sites is 2. The van der Waals surface area contributed by atoms with Gasteiger partial charge in [0.1, 0.15) is 16.6 Å². The summed E-state index contributed by atoms with van der Waals surface area (Å²) in [6.45, 7) is 0.270. The highest BCUT2D eigenvalue weighted by atomic mass is 32.1. The second-order valence-corrected chi connectivity index (χ2v) is 7.93. The van der Waals surface area contributed by atoms with Gasteiger partial charge in [0.15, 0.2) is 0 Å². The number of aromatic nitrogens is 2. The Labute approximate surface area is 176 Å². The van der Waals surface area contributed by atoms with Gasteiger partial charge in [-0.05, 0) is 29.8 Å². The van der Waals surface area contributed by atoms with E-state index in [1.165, 1.54) is 23.5 Å². The third-order valence-electron chi connectivity index (χ3n) is 4.84. The molecule has 2 aromatic carbocycles. The van der Waals surface area contributed by atoms with Gasteiger partial charge < -0.3 is 15.0 Å². The van der Waals surface area contributed by atoms with Gasteiger partial charge in [0.25, 0.3) is 0 Å². The van der Waals surface area contributed by atoms with Crippen LogP contribution in [0.1, 0.15) is 17.0 Å². The summed E-state index contributed by atoms with van der Waals surface area (Å²) in [5, 5.41) is 11.9. The van der Waals surface area contributed by atoms with E-state index in [1.54, 1.807) is 36.3 Å². The Kier molecular flexibility index (Phi) is 5.71. The molecule has 1 fully saturated rings. The first-order chi connectivity index (χ1) is 14.5. The Hall–Kier alpha value is -3.33. The SMILES string of the molecule is COc1ccccc1N1C[C@@H](C(=O)Nc2nnc(Cc3ccc(F)cc3)s2)CC1=O. The quantitative estimate of drug-likeness (QED) is 0.654. The topological polar surface area (TPSA) is 84.4 Å². The van der Waals surface area contributed by atoms with Gasteiger partial charge in [-0.15, -0.1) is 10.2 Å². The summed E-state index contributed by atoms with van der Waals surface area (Å²) in [6, 6.07) is 13.4. The fraction of sp³-hybridized carbons (Fsp3) is 0.238. The Balaban J connectivity index is 1.39. The molecule has 1 aliphatic rings. The number of nitrogens with one attached hydrogen (secondary N) is 1. The Morgan fingerprint density at radius 2 is 2.00 bits per heavy atom. The predicted molar refractivity (Wildman–Crippen MR) is 111 cm³/mol. The highest BCUT2D eigenvalue weighted by Crippen LogP contribution is 2.33. The maximum atomic E-state index is 13.0. The summed E-state index contributed by atoms with van der Waals surface area (Å²) in [6.07, 6.45) is 0.614. The average Bonchev–Trinajstić information content (AvgIpc) is 3.36. The second kappa shape index (κ2) is 8.58. The first-order valence-electron chi connectivity index (χ1n) is 9.34. The van der Waals surface area contributed by atoms with E-state index < -0.39 is 5.92 Å². The van der Waals surface area contributed by atoms with Crippen molar-refractivity contribution in [2.75, 3.05) is 23.9 Å². The minimum atomic E-state index is -0.494. The molecule has 1 aliphatic heterocycles. The molecule has 7 nitrogen and oxygen atoms in total. The molecular weight excluding hydrogens is 407 g/mol. The summed E-state index contributed by atoms with van der Waals surface area (Å²) in [7, 11) is 1.54. The Bertz CT molecular complexity index is 1070. The van der Waals surface area contributed by atoms with Gasteiger partial charge in [0.05, 0.1) is 18.7 Å². The summed E-state index contributed by atoms with van der Waals surface area (Å²) >= 11 is 1.26. The average molecular weight is 426 g/mol. The number of methoxy groups -OCH3 is 1. The van der Waals surface area contributed by atoms with Gasteiger partial charge in [0, 0.05) is 19.4 Å². The minimum Gasteiger partial charge on any atom is -0.495 e. The molecule has 0 radical (unpaired) electrons. The maximum Gasteiger partial charge on any atom is 0.231 e. The highest BCUT2D eigenvalue weighted by Gasteiger charge is 2.36. The van der Waals surface area contributed by atoms with Crippen molar-refractivity contribution in [2.24, 2.45) is 5.92 Å². The number of hydrogen-bond donors (Lipinski definition) is 1. The summed E-state index contributed by atoms with van der Waals surface area (Å²) in [5.74, 6) is -0.607. The van der Waals surface area contributed by atoms with Gasteiger partial charge in [-0.3, -0.25) is 9.59 Å². The third kappa shape index (κ3) is 4.30. The molecule has 1 atom stereocenters. The van der Waals surface area contributed by atoms with Gasteiger partial charge in [-0.25, -0.2) is 4.39 Å².